The van der Waals surface area contributed by atoms with Crippen molar-refractivity contribution in [1.82, 2.24) is 0 Å². The minimum absolute atomic E-state index is 0.183. The molecular formula is C18H13F9. The highest BCUT2D eigenvalue weighted by molar-refractivity contribution is 5.67. The molecule has 27 heavy (non-hydrogen) atoms. The maximum atomic E-state index is 14.2. The van der Waals surface area contributed by atoms with Gasteiger partial charge in [-0.25, -0.2) is 39.5 Å². The van der Waals surface area contributed by atoms with Crippen molar-refractivity contribution in [2.75, 3.05) is 0 Å². The van der Waals surface area contributed by atoms with Crippen molar-refractivity contribution in [3.8, 4) is 11.1 Å². The third-order valence-electron chi connectivity index (χ3n) is 4.09. The average molecular weight is 400 g/mol. The standard InChI is InChI=1S/C18H13F9/c1-2-3-4-5-6-7-10(19)12(21)8(13(22)11(7)20)9-14(23)16(25)18(27)17(26)15(9)24/h2-6H2,1H3. The van der Waals surface area contributed by atoms with Gasteiger partial charge < -0.3 is 0 Å². The second kappa shape index (κ2) is 8.22. The molecule has 0 radical (unpaired) electrons. The summed E-state index contributed by atoms with van der Waals surface area (Å²) in [5.74, 6) is -21.1. The molecule has 2 rings (SSSR count). The lowest BCUT2D eigenvalue weighted by atomic mass is 9.97. The van der Waals surface area contributed by atoms with Gasteiger partial charge in [0.1, 0.15) is 0 Å². The molecular weight excluding hydrogens is 387 g/mol. The zero-order chi connectivity index (χ0) is 20.5. The molecule has 148 valence electrons. The van der Waals surface area contributed by atoms with E-state index < -0.39 is 75.5 Å². The molecule has 9 heteroatoms. The van der Waals surface area contributed by atoms with Crippen LogP contribution in [0.1, 0.15) is 38.2 Å². The van der Waals surface area contributed by atoms with Gasteiger partial charge in [0, 0.05) is 5.56 Å². The molecule has 0 spiro atoms. The summed E-state index contributed by atoms with van der Waals surface area (Å²) >= 11 is 0. The molecule has 0 fully saturated rings. The fourth-order valence-corrected chi connectivity index (χ4v) is 2.67. The normalized spacial score (nSPS) is 11.3. The second-order valence-corrected chi connectivity index (χ2v) is 5.87. The fourth-order valence-electron chi connectivity index (χ4n) is 2.67. The molecule has 0 aliphatic carbocycles. The first kappa shape index (κ1) is 21.1. The largest absolute Gasteiger partial charge is 0.203 e. The minimum Gasteiger partial charge on any atom is -0.203 e. The van der Waals surface area contributed by atoms with Crippen LogP contribution in [0, 0.1) is 52.4 Å². The van der Waals surface area contributed by atoms with Gasteiger partial charge in [-0.1, -0.05) is 26.2 Å². The Hall–Kier alpha value is -2.19. The van der Waals surface area contributed by atoms with Gasteiger partial charge in [0.2, 0.25) is 5.82 Å². The van der Waals surface area contributed by atoms with Crippen LogP contribution in [0.15, 0.2) is 0 Å². The van der Waals surface area contributed by atoms with Crippen LogP contribution in [0.5, 0.6) is 0 Å². The molecule has 2 aromatic carbocycles. The van der Waals surface area contributed by atoms with Gasteiger partial charge in [0.15, 0.2) is 46.5 Å². The van der Waals surface area contributed by atoms with Crippen LogP contribution in [0.4, 0.5) is 39.5 Å². The van der Waals surface area contributed by atoms with E-state index >= 15 is 0 Å². The highest BCUT2D eigenvalue weighted by Crippen LogP contribution is 2.38. The van der Waals surface area contributed by atoms with E-state index in [0.717, 1.165) is 6.42 Å². The molecule has 0 heterocycles. The van der Waals surface area contributed by atoms with Crippen molar-refractivity contribution in [3.05, 3.63) is 57.9 Å². The van der Waals surface area contributed by atoms with Gasteiger partial charge in [-0.15, -0.1) is 0 Å². The molecule has 0 aromatic heterocycles. The molecule has 2 aromatic rings. The second-order valence-electron chi connectivity index (χ2n) is 5.87. The zero-order valence-electron chi connectivity index (χ0n) is 13.9. The third kappa shape index (κ3) is 3.64. The predicted molar refractivity (Wildman–Crippen MR) is 79.3 cm³/mol. The summed E-state index contributed by atoms with van der Waals surface area (Å²) in [6, 6.07) is 0. The number of hydrogen-bond donors (Lipinski definition) is 0. The van der Waals surface area contributed by atoms with Crippen molar-refractivity contribution in [1.29, 1.82) is 0 Å². The van der Waals surface area contributed by atoms with Crippen LogP contribution in [0.25, 0.3) is 11.1 Å². The summed E-state index contributed by atoms with van der Waals surface area (Å²) in [4.78, 5) is 0. The minimum atomic E-state index is -2.58. The Balaban J connectivity index is 2.68. The van der Waals surface area contributed by atoms with E-state index in [1.165, 1.54) is 0 Å². The molecule has 0 saturated carbocycles. The topological polar surface area (TPSA) is 0 Å². The number of halogens is 9. The van der Waals surface area contributed by atoms with Gasteiger partial charge in [-0.3, -0.25) is 0 Å². The Kier molecular flexibility index (Phi) is 6.43. The molecule has 0 bridgehead atoms. The lowest BCUT2D eigenvalue weighted by molar-refractivity contribution is 0.379. The zero-order valence-corrected chi connectivity index (χ0v) is 13.9. The highest BCUT2D eigenvalue weighted by atomic mass is 19.2. The van der Waals surface area contributed by atoms with Crippen LogP contribution >= 0.6 is 0 Å². The number of benzene rings is 2. The Morgan fingerprint density at radius 2 is 0.815 bits per heavy atom. The third-order valence-corrected chi connectivity index (χ3v) is 4.09. The van der Waals surface area contributed by atoms with Crippen molar-refractivity contribution in [2.45, 2.75) is 39.0 Å². The smallest absolute Gasteiger partial charge is 0.200 e. The quantitative estimate of drug-likeness (QED) is 0.218. The first-order valence-corrected chi connectivity index (χ1v) is 8.01. The summed E-state index contributed by atoms with van der Waals surface area (Å²) in [7, 11) is 0. The highest BCUT2D eigenvalue weighted by Gasteiger charge is 2.34. The van der Waals surface area contributed by atoms with Gasteiger partial charge in [-0.05, 0) is 12.8 Å². The lowest BCUT2D eigenvalue weighted by Crippen LogP contribution is -2.11. The maximum absolute atomic E-state index is 14.2. The van der Waals surface area contributed by atoms with Gasteiger partial charge in [0.05, 0.1) is 11.1 Å². The molecule has 0 amide bonds. The van der Waals surface area contributed by atoms with Crippen molar-refractivity contribution < 1.29 is 39.5 Å². The molecule has 0 aliphatic heterocycles. The number of hydrogen-bond acceptors (Lipinski definition) is 0. The van der Waals surface area contributed by atoms with Crippen molar-refractivity contribution in [2.24, 2.45) is 0 Å². The van der Waals surface area contributed by atoms with E-state index in [4.69, 9.17) is 0 Å². The average Bonchev–Trinajstić information content (AvgIpc) is 2.65. The number of rotatable bonds is 6. The Morgan fingerprint density at radius 1 is 0.444 bits per heavy atom. The van der Waals surface area contributed by atoms with Gasteiger partial charge >= 0.3 is 0 Å². The van der Waals surface area contributed by atoms with Crippen LogP contribution in [0.3, 0.4) is 0 Å². The van der Waals surface area contributed by atoms with Crippen LogP contribution in [-0.2, 0) is 6.42 Å². The summed E-state index contributed by atoms with van der Waals surface area (Å²) in [6.07, 6.45) is 1.78. The number of unbranched alkanes of at least 4 members (excludes halogenated alkanes) is 3. The van der Waals surface area contributed by atoms with Crippen LogP contribution in [-0.4, -0.2) is 0 Å². The van der Waals surface area contributed by atoms with E-state index in [0.29, 0.717) is 12.8 Å². The molecule has 0 saturated heterocycles. The monoisotopic (exact) mass is 400 g/mol. The molecule has 0 atom stereocenters. The summed E-state index contributed by atoms with van der Waals surface area (Å²) in [5.41, 5.74) is -5.06. The molecule has 0 aliphatic rings. The maximum Gasteiger partial charge on any atom is 0.200 e. The Labute approximate surface area is 148 Å². The van der Waals surface area contributed by atoms with E-state index in [-0.39, 0.29) is 6.42 Å². The Morgan fingerprint density at radius 3 is 1.22 bits per heavy atom. The predicted octanol–water partition coefficient (Wildman–Crippen LogP) is 6.73. The van der Waals surface area contributed by atoms with E-state index in [9.17, 15) is 39.5 Å². The molecule has 0 unspecified atom stereocenters. The summed E-state index contributed by atoms with van der Waals surface area (Å²) < 4.78 is 124. The fraction of sp³-hybridized carbons (Fsp3) is 0.333. The summed E-state index contributed by atoms with van der Waals surface area (Å²) in [5, 5.41) is 0. The lowest BCUT2D eigenvalue weighted by Gasteiger charge is -2.14. The SMILES string of the molecule is CCCCCCc1c(F)c(F)c(-c2c(F)c(F)c(F)c(F)c2F)c(F)c1F. The van der Waals surface area contributed by atoms with Gasteiger partial charge in [-0.2, -0.15) is 0 Å². The van der Waals surface area contributed by atoms with Crippen molar-refractivity contribution in [3.63, 3.8) is 0 Å². The first-order chi connectivity index (χ1) is 12.6. The Bertz CT molecular complexity index is 816. The summed E-state index contributed by atoms with van der Waals surface area (Å²) in [6.45, 7) is 1.86. The van der Waals surface area contributed by atoms with E-state index in [1.807, 2.05) is 6.92 Å². The molecule has 0 N–H and O–H groups in total. The van der Waals surface area contributed by atoms with Crippen LogP contribution < -0.4 is 0 Å². The molecule has 0 nitrogen and oxygen atoms in total. The van der Waals surface area contributed by atoms with Crippen molar-refractivity contribution >= 4 is 0 Å². The van der Waals surface area contributed by atoms with E-state index in [2.05, 4.69) is 0 Å². The van der Waals surface area contributed by atoms with Crippen LogP contribution in [0.2, 0.25) is 0 Å². The van der Waals surface area contributed by atoms with Gasteiger partial charge in [0.25, 0.3) is 0 Å². The first-order valence-electron chi connectivity index (χ1n) is 8.01. The van der Waals surface area contributed by atoms with E-state index in [1.54, 1.807) is 0 Å².